The Hall–Kier alpha value is -5.01. The molecule has 51 heavy (non-hydrogen) atoms. The predicted molar refractivity (Wildman–Crippen MR) is 223 cm³/mol. The van der Waals surface area contributed by atoms with Crippen LogP contribution in [0.5, 0.6) is 0 Å². The van der Waals surface area contributed by atoms with Crippen LogP contribution in [0.2, 0.25) is 0 Å². The summed E-state index contributed by atoms with van der Waals surface area (Å²) < 4.78 is 6.50. The fourth-order valence-electron chi connectivity index (χ4n) is 6.15. The molecule has 0 bridgehead atoms. The molecule has 7 rings (SSSR count). The van der Waals surface area contributed by atoms with Crippen LogP contribution in [0.15, 0.2) is 176 Å². The summed E-state index contributed by atoms with van der Waals surface area (Å²) in [5.74, 6) is 0. The Kier molecular flexibility index (Phi) is 9.92. The van der Waals surface area contributed by atoms with Crippen LogP contribution < -0.4 is 5.46 Å². The lowest BCUT2D eigenvalue weighted by Crippen LogP contribution is -2.45. The molecule has 0 aliphatic heterocycles. The highest BCUT2D eigenvalue weighted by atomic mass is 31.0. The second-order valence-corrected chi connectivity index (χ2v) is 15.8. The molecule has 1 atom stereocenters. The fourth-order valence-corrected chi connectivity index (χ4v) is 6.22. The second kappa shape index (κ2) is 14.7. The molecule has 3 heteroatoms. The van der Waals surface area contributed by atoms with Crippen LogP contribution in [0.1, 0.15) is 27.7 Å². The minimum atomic E-state index is -0.383. The zero-order valence-electron chi connectivity index (χ0n) is 29.8. The molecule has 0 amide bonds. The summed E-state index contributed by atoms with van der Waals surface area (Å²) in [6.45, 7) is 8.65. The molecule has 0 N–H and O–H groups in total. The van der Waals surface area contributed by atoms with Crippen molar-refractivity contribution in [2.45, 2.75) is 38.5 Å². The van der Waals surface area contributed by atoms with Crippen LogP contribution in [-0.2, 0) is 4.65 Å². The number of rotatable bonds is 10. The average molecular weight is 678 g/mol. The van der Waals surface area contributed by atoms with Gasteiger partial charge in [-0.3, -0.25) is 0 Å². The first-order valence-electron chi connectivity index (χ1n) is 17.6. The molecule has 7 aromatic rings. The second-order valence-electron chi connectivity index (χ2n) is 14.4. The number of hydrogen-bond acceptors (Lipinski definition) is 1. The van der Waals surface area contributed by atoms with E-state index in [2.05, 4.69) is 213 Å². The Morgan fingerprint density at radius 3 is 1.02 bits per heavy atom. The van der Waals surface area contributed by atoms with Crippen molar-refractivity contribution in [3.63, 3.8) is 0 Å². The first-order chi connectivity index (χ1) is 24.6. The van der Waals surface area contributed by atoms with Gasteiger partial charge in [-0.25, -0.2) is 0 Å². The molecule has 0 aromatic heterocycles. The summed E-state index contributed by atoms with van der Waals surface area (Å²) >= 11 is 0. The maximum atomic E-state index is 6.50. The van der Waals surface area contributed by atoms with Crippen LogP contribution in [0.4, 0.5) is 0 Å². The third-order valence-electron chi connectivity index (χ3n) is 10.0. The average Bonchev–Trinajstić information content (AvgIpc) is 3.17. The minimum Gasteiger partial charge on any atom is -0.429 e. The van der Waals surface area contributed by atoms with E-state index >= 15 is 0 Å². The normalized spacial score (nSPS) is 11.7. The first kappa shape index (κ1) is 34.4. The minimum absolute atomic E-state index is 0.112. The Labute approximate surface area is 306 Å². The van der Waals surface area contributed by atoms with E-state index in [0.717, 1.165) is 27.7 Å². The highest BCUT2D eigenvalue weighted by Gasteiger charge is 2.33. The molecule has 1 unspecified atom stereocenters. The SMILES string of the molecule is CC(C)(P)C(C)(C)O[B]c1cc(-c2cccc(-c3ccc(-c4ccccc4)cc3)c2)cc(-c2cccc(-c3ccc(-c4ccccc4)cc3)c2)c1. The van der Waals surface area contributed by atoms with Crippen LogP contribution in [0.25, 0.3) is 66.8 Å². The summed E-state index contributed by atoms with van der Waals surface area (Å²) in [4.78, 5) is 0. The molecule has 0 saturated carbocycles. The van der Waals surface area contributed by atoms with Gasteiger partial charge >= 0.3 is 7.48 Å². The van der Waals surface area contributed by atoms with Crippen molar-refractivity contribution in [3.8, 4) is 66.8 Å². The lowest BCUT2D eigenvalue weighted by molar-refractivity contribution is 0.0841. The van der Waals surface area contributed by atoms with Crippen LogP contribution >= 0.6 is 9.24 Å². The van der Waals surface area contributed by atoms with E-state index < -0.39 is 0 Å². The van der Waals surface area contributed by atoms with Gasteiger partial charge in [0.05, 0.1) is 5.60 Å². The lowest BCUT2D eigenvalue weighted by atomic mass is 9.80. The van der Waals surface area contributed by atoms with Gasteiger partial charge in [0.1, 0.15) is 0 Å². The molecule has 7 aromatic carbocycles. The first-order valence-corrected chi connectivity index (χ1v) is 18.2. The molecule has 0 spiro atoms. The van der Waals surface area contributed by atoms with E-state index in [1.165, 1.54) is 44.5 Å². The molecule has 0 aliphatic carbocycles. The monoisotopic (exact) mass is 677 g/mol. The highest BCUT2D eigenvalue weighted by Crippen LogP contribution is 2.35. The van der Waals surface area contributed by atoms with E-state index in [-0.39, 0.29) is 10.8 Å². The van der Waals surface area contributed by atoms with Gasteiger partial charge in [-0.2, -0.15) is 0 Å². The van der Waals surface area contributed by atoms with Gasteiger partial charge < -0.3 is 4.65 Å². The van der Waals surface area contributed by atoms with Gasteiger partial charge in [0.2, 0.25) is 0 Å². The van der Waals surface area contributed by atoms with E-state index in [0.29, 0.717) is 0 Å². The molecule has 1 nitrogen and oxygen atoms in total. The molecule has 0 heterocycles. The molecule has 0 saturated heterocycles. The summed E-state index contributed by atoms with van der Waals surface area (Å²) in [7, 11) is 4.86. The fraction of sp³-hybridized carbons (Fsp3) is 0.125. The summed E-state index contributed by atoms with van der Waals surface area (Å²) in [5.41, 5.74) is 14.9. The third-order valence-corrected chi connectivity index (χ3v) is 10.7. The van der Waals surface area contributed by atoms with Crippen molar-refractivity contribution in [2.75, 3.05) is 0 Å². The summed E-state index contributed by atoms with van der Waals surface area (Å²) in [6.07, 6.45) is 0. The Balaban J connectivity index is 1.23. The number of hydrogen-bond donors (Lipinski definition) is 0. The summed E-state index contributed by atoms with van der Waals surface area (Å²) in [5, 5.41) is -0.112. The van der Waals surface area contributed by atoms with E-state index in [1.807, 2.05) is 7.48 Å². The van der Waals surface area contributed by atoms with Crippen molar-refractivity contribution in [3.05, 3.63) is 176 Å². The topological polar surface area (TPSA) is 9.23 Å². The Bertz CT molecular complexity index is 2090. The zero-order chi connectivity index (χ0) is 35.4. The molecule has 1 radical (unpaired) electrons. The van der Waals surface area contributed by atoms with E-state index in [9.17, 15) is 0 Å². The zero-order valence-corrected chi connectivity index (χ0v) is 31.0. The van der Waals surface area contributed by atoms with Crippen LogP contribution in [-0.4, -0.2) is 18.2 Å². The molecule has 249 valence electrons. The van der Waals surface area contributed by atoms with Crippen molar-refractivity contribution in [1.82, 2.24) is 0 Å². The van der Waals surface area contributed by atoms with Crippen LogP contribution in [0, 0.1) is 0 Å². The van der Waals surface area contributed by atoms with Crippen molar-refractivity contribution >= 4 is 22.2 Å². The van der Waals surface area contributed by atoms with E-state index in [1.54, 1.807) is 0 Å². The van der Waals surface area contributed by atoms with Crippen molar-refractivity contribution in [1.29, 1.82) is 0 Å². The van der Waals surface area contributed by atoms with Gasteiger partial charge in [-0.15, -0.1) is 9.24 Å². The Morgan fingerprint density at radius 2 is 0.647 bits per heavy atom. The van der Waals surface area contributed by atoms with Gasteiger partial charge in [0.25, 0.3) is 0 Å². The Morgan fingerprint density at radius 1 is 0.353 bits per heavy atom. The largest absolute Gasteiger partial charge is 0.429 e. The van der Waals surface area contributed by atoms with Gasteiger partial charge in [-0.1, -0.05) is 177 Å². The van der Waals surface area contributed by atoms with Crippen molar-refractivity contribution in [2.24, 2.45) is 0 Å². The van der Waals surface area contributed by atoms with Gasteiger partial charge in [-0.05, 0) is 98.8 Å². The molecule has 0 fully saturated rings. The third kappa shape index (κ3) is 8.00. The molecular formula is C48H43BOP. The quantitative estimate of drug-likeness (QED) is 0.103. The standard InChI is InChI=1S/C48H43BOP/c1-47(2,48(3,4)51)50-49-46-32-44(42-19-11-17-40(29-42)38-25-21-36(22-26-38)34-13-7-5-8-14-34)31-45(33-46)43-20-12-18-41(30-43)39-27-23-37(24-28-39)35-15-9-6-10-16-35/h5-33H,51H2,1-4H3. The van der Waals surface area contributed by atoms with Gasteiger partial charge in [0.15, 0.2) is 0 Å². The summed E-state index contributed by atoms with van der Waals surface area (Å²) in [6, 6.07) is 63.2. The smallest absolute Gasteiger partial charge is 0.330 e. The van der Waals surface area contributed by atoms with Gasteiger partial charge in [0, 0.05) is 5.16 Å². The lowest BCUT2D eigenvalue weighted by Gasteiger charge is -2.39. The highest BCUT2D eigenvalue weighted by molar-refractivity contribution is 7.19. The maximum Gasteiger partial charge on any atom is 0.330 e. The maximum absolute atomic E-state index is 6.50. The molecular weight excluding hydrogens is 634 g/mol. The predicted octanol–water partition coefficient (Wildman–Crippen LogP) is 12.4. The van der Waals surface area contributed by atoms with Crippen molar-refractivity contribution < 1.29 is 4.65 Å². The van der Waals surface area contributed by atoms with E-state index in [4.69, 9.17) is 4.65 Å². The van der Waals surface area contributed by atoms with Crippen LogP contribution in [0.3, 0.4) is 0 Å². The molecule has 0 aliphatic rings. The number of benzene rings is 7.